The van der Waals surface area contributed by atoms with Gasteiger partial charge in [-0.05, 0) is 30.8 Å². The number of phenolic OH excluding ortho intramolecular Hbond substituents is 1. The third-order valence-electron chi connectivity index (χ3n) is 2.82. The molecule has 2 aromatic rings. The number of nitrogens with zero attached hydrogens (tertiary/aromatic N) is 3. The molecule has 1 aromatic heterocycles. The molecule has 6 nitrogen and oxygen atoms in total. The molecule has 2 rings (SSSR count). The number of nitrogens with one attached hydrogen (secondary N) is 1. The van der Waals surface area contributed by atoms with Crippen molar-refractivity contribution in [3.63, 3.8) is 0 Å². The van der Waals surface area contributed by atoms with Gasteiger partial charge in [-0.15, -0.1) is 0 Å². The molecule has 21 heavy (non-hydrogen) atoms. The molecule has 2 N–H and O–H groups in total. The van der Waals surface area contributed by atoms with E-state index >= 15 is 0 Å². The van der Waals surface area contributed by atoms with Crippen molar-refractivity contribution in [1.82, 2.24) is 14.9 Å². The first-order valence-electron chi connectivity index (χ1n) is 6.82. The Balaban J connectivity index is 2.21. The summed E-state index contributed by atoms with van der Waals surface area (Å²) < 4.78 is 7.42. The second kappa shape index (κ2) is 7.03. The number of aromatic hydroxyl groups is 1. The van der Waals surface area contributed by atoms with Crippen LogP contribution in [0.25, 0.3) is 0 Å². The number of H-pyrrole nitrogens is 1. The maximum absolute atomic E-state index is 9.99. The summed E-state index contributed by atoms with van der Waals surface area (Å²) in [7, 11) is 0. The third kappa shape index (κ3) is 3.69. The summed E-state index contributed by atoms with van der Waals surface area (Å²) in [6.07, 6.45) is 3.17. The van der Waals surface area contributed by atoms with Crippen molar-refractivity contribution in [2.45, 2.75) is 26.7 Å². The van der Waals surface area contributed by atoms with Crippen LogP contribution in [0.4, 0.5) is 0 Å². The highest BCUT2D eigenvalue weighted by Crippen LogP contribution is 2.22. The van der Waals surface area contributed by atoms with Crippen molar-refractivity contribution in [2.75, 3.05) is 6.61 Å². The van der Waals surface area contributed by atoms with Crippen LogP contribution in [0.15, 0.2) is 23.3 Å². The van der Waals surface area contributed by atoms with Crippen LogP contribution >= 0.6 is 12.2 Å². The van der Waals surface area contributed by atoms with Gasteiger partial charge in [0.2, 0.25) is 4.77 Å². The van der Waals surface area contributed by atoms with E-state index in [0.717, 1.165) is 12.2 Å². The Bertz CT molecular complexity index is 691. The van der Waals surface area contributed by atoms with Gasteiger partial charge in [0.25, 0.3) is 0 Å². The van der Waals surface area contributed by atoms with Gasteiger partial charge in [-0.3, -0.25) is 5.10 Å². The Morgan fingerprint density at radius 2 is 2.29 bits per heavy atom. The maximum atomic E-state index is 9.99. The Labute approximate surface area is 128 Å². The average Bonchev–Trinajstić information content (AvgIpc) is 2.84. The zero-order valence-electron chi connectivity index (χ0n) is 12.0. The van der Waals surface area contributed by atoms with Crippen LogP contribution < -0.4 is 4.74 Å². The smallest absolute Gasteiger partial charge is 0.216 e. The Kier molecular flexibility index (Phi) is 5.10. The molecule has 0 aliphatic heterocycles. The quantitative estimate of drug-likeness (QED) is 0.635. The third-order valence-corrected chi connectivity index (χ3v) is 3.08. The summed E-state index contributed by atoms with van der Waals surface area (Å²) in [4.78, 5) is 0. The number of ether oxygens (including phenoxy) is 1. The number of aromatic amines is 1. The molecule has 0 atom stereocenters. The number of benzene rings is 1. The lowest BCUT2D eigenvalue weighted by atomic mass is 10.2. The summed E-state index contributed by atoms with van der Waals surface area (Å²) >= 11 is 5.10. The van der Waals surface area contributed by atoms with Gasteiger partial charge in [-0.25, -0.2) is 0 Å². The monoisotopic (exact) mass is 306 g/mol. The summed E-state index contributed by atoms with van der Waals surface area (Å²) in [6.45, 7) is 4.62. The van der Waals surface area contributed by atoms with E-state index in [-0.39, 0.29) is 5.75 Å². The zero-order valence-corrected chi connectivity index (χ0v) is 12.9. The van der Waals surface area contributed by atoms with Crippen LogP contribution in [0.1, 0.15) is 31.7 Å². The van der Waals surface area contributed by atoms with E-state index in [2.05, 4.69) is 15.3 Å². The number of hydrogen-bond donors (Lipinski definition) is 2. The molecule has 0 unspecified atom stereocenters. The lowest BCUT2D eigenvalue weighted by Crippen LogP contribution is -1.98. The predicted molar refractivity (Wildman–Crippen MR) is 83.7 cm³/mol. The molecule has 0 bridgehead atoms. The van der Waals surface area contributed by atoms with E-state index < -0.39 is 0 Å². The van der Waals surface area contributed by atoms with Crippen molar-refractivity contribution < 1.29 is 9.84 Å². The van der Waals surface area contributed by atoms with Crippen molar-refractivity contribution in [3.05, 3.63) is 34.4 Å². The van der Waals surface area contributed by atoms with Crippen molar-refractivity contribution in [3.8, 4) is 11.5 Å². The number of aromatic nitrogens is 3. The van der Waals surface area contributed by atoms with E-state index in [4.69, 9.17) is 17.0 Å². The molecule has 0 saturated carbocycles. The zero-order chi connectivity index (χ0) is 15.2. The first-order valence-corrected chi connectivity index (χ1v) is 7.23. The topological polar surface area (TPSA) is 75.4 Å². The lowest BCUT2D eigenvalue weighted by molar-refractivity contribution is 0.315. The minimum Gasteiger partial charge on any atom is -0.507 e. The van der Waals surface area contributed by atoms with Crippen LogP contribution in [0.5, 0.6) is 11.5 Å². The second-order valence-corrected chi connectivity index (χ2v) is 4.81. The summed E-state index contributed by atoms with van der Waals surface area (Å²) in [5.74, 6) is 1.49. The Morgan fingerprint density at radius 3 is 2.95 bits per heavy atom. The van der Waals surface area contributed by atoms with E-state index in [1.54, 1.807) is 24.4 Å². The first-order chi connectivity index (χ1) is 10.2. The van der Waals surface area contributed by atoms with Crippen molar-refractivity contribution >= 4 is 18.4 Å². The number of hydrogen-bond acceptors (Lipinski definition) is 5. The van der Waals surface area contributed by atoms with Gasteiger partial charge in [0.15, 0.2) is 5.82 Å². The number of aryl methyl sites for hydroxylation is 1. The molecule has 0 aliphatic carbocycles. The molecular weight excluding hydrogens is 288 g/mol. The van der Waals surface area contributed by atoms with E-state index in [1.165, 1.54) is 4.68 Å². The lowest BCUT2D eigenvalue weighted by Gasteiger charge is -2.06. The molecule has 0 amide bonds. The van der Waals surface area contributed by atoms with Gasteiger partial charge in [0.1, 0.15) is 11.5 Å². The second-order valence-electron chi connectivity index (χ2n) is 4.42. The van der Waals surface area contributed by atoms with E-state index in [0.29, 0.717) is 29.1 Å². The Hall–Kier alpha value is -2.15. The molecule has 0 radical (unpaired) electrons. The largest absolute Gasteiger partial charge is 0.507 e. The summed E-state index contributed by atoms with van der Waals surface area (Å²) in [5.41, 5.74) is 0.587. The van der Waals surface area contributed by atoms with E-state index in [9.17, 15) is 5.11 Å². The molecule has 0 spiro atoms. The molecule has 7 heteroatoms. The van der Waals surface area contributed by atoms with Gasteiger partial charge < -0.3 is 9.84 Å². The van der Waals surface area contributed by atoms with Gasteiger partial charge >= 0.3 is 0 Å². The van der Waals surface area contributed by atoms with Gasteiger partial charge in [-0.1, -0.05) is 13.8 Å². The minimum absolute atomic E-state index is 0.111. The van der Waals surface area contributed by atoms with Crippen molar-refractivity contribution in [1.29, 1.82) is 0 Å². The molecule has 0 aliphatic rings. The fraction of sp³-hybridized carbons (Fsp3) is 0.357. The highest BCUT2D eigenvalue weighted by molar-refractivity contribution is 7.71. The van der Waals surface area contributed by atoms with Crippen LogP contribution in [0, 0.1) is 4.77 Å². The SMILES string of the molecule is CCCOc1ccc(/C=N/n2c(CC)n[nH]c2=S)c(O)c1. The maximum Gasteiger partial charge on any atom is 0.216 e. The molecule has 0 fully saturated rings. The highest BCUT2D eigenvalue weighted by atomic mass is 32.1. The molecule has 1 aromatic carbocycles. The summed E-state index contributed by atoms with van der Waals surface area (Å²) in [6, 6.07) is 5.12. The van der Waals surface area contributed by atoms with Gasteiger partial charge in [0.05, 0.1) is 12.8 Å². The van der Waals surface area contributed by atoms with Gasteiger partial charge in [-0.2, -0.15) is 14.9 Å². The average molecular weight is 306 g/mol. The predicted octanol–water partition coefficient (Wildman–Crippen LogP) is 2.88. The van der Waals surface area contributed by atoms with E-state index in [1.807, 2.05) is 13.8 Å². The Morgan fingerprint density at radius 1 is 1.48 bits per heavy atom. The normalized spacial score (nSPS) is 11.1. The fourth-order valence-corrected chi connectivity index (χ4v) is 1.93. The fourth-order valence-electron chi connectivity index (χ4n) is 1.73. The van der Waals surface area contributed by atoms with Gasteiger partial charge in [0, 0.05) is 18.1 Å². The minimum atomic E-state index is 0.111. The number of rotatable bonds is 6. The number of phenols is 1. The van der Waals surface area contributed by atoms with Crippen molar-refractivity contribution in [2.24, 2.45) is 5.10 Å². The summed E-state index contributed by atoms with van der Waals surface area (Å²) in [5, 5.41) is 21.0. The molecule has 0 saturated heterocycles. The molecule has 112 valence electrons. The van der Waals surface area contributed by atoms with Crippen LogP contribution in [-0.4, -0.2) is 32.8 Å². The van der Waals surface area contributed by atoms with Crippen LogP contribution in [-0.2, 0) is 6.42 Å². The van der Waals surface area contributed by atoms with Crippen LogP contribution in [0.3, 0.4) is 0 Å². The first kappa shape index (κ1) is 15.2. The standard InChI is InChI=1S/C14H18N4O2S/c1-3-7-20-11-6-5-10(12(19)8-11)9-15-18-13(4-2)16-17-14(18)21/h5-6,8-9,19H,3-4,7H2,1-2H3,(H,17,21)/b15-9+. The molecular formula is C14H18N4O2S. The van der Waals surface area contributed by atoms with Crippen LogP contribution in [0.2, 0.25) is 0 Å². The molecule has 1 heterocycles. The highest BCUT2D eigenvalue weighted by Gasteiger charge is 2.04.